The van der Waals surface area contributed by atoms with Gasteiger partial charge in [0, 0.05) is 18.8 Å². The van der Waals surface area contributed by atoms with Crippen molar-refractivity contribution in [2.24, 2.45) is 5.92 Å². The lowest BCUT2D eigenvalue weighted by Gasteiger charge is -2.09. The minimum absolute atomic E-state index is 0.126. The zero-order chi connectivity index (χ0) is 18.8. The van der Waals surface area contributed by atoms with Crippen LogP contribution in [0.5, 0.6) is 0 Å². The number of benzene rings is 1. The maximum atomic E-state index is 12.7. The molecule has 25 heavy (non-hydrogen) atoms. The number of rotatable bonds is 6. The highest BCUT2D eigenvalue weighted by Gasteiger charge is 2.14. The number of halogens is 1. The van der Waals surface area contributed by atoms with Crippen LogP contribution in [-0.4, -0.2) is 18.4 Å². The third-order valence-electron chi connectivity index (χ3n) is 4.43. The van der Waals surface area contributed by atoms with Crippen LogP contribution in [0.25, 0.3) is 0 Å². The molecule has 1 amide bonds. The van der Waals surface area contributed by atoms with E-state index in [-0.39, 0.29) is 5.82 Å². The first-order valence-electron chi connectivity index (χ1n) is 8.88. The van der Waals surface area contributed by atoms with E-state index in [1.807, 2.05) is 26.1 Å². The number of allylic oxidation sites excluding steroid dienone is 4. The second-order valence-corrected chi connectivity index (χ2v) is 6.80. The van der Waals surface area contributed by atoms with Gasteiger partial charge in [0.15, 0.2) is 0 Å². The Balaban J connectivity index is 0.000000255. The molecule has 1 aliphatic heterocycles. The Morgan fingerprint density at radius 2 is 1.96 bits per heavy atom. The molecule has 4 heteroatoms. The molecule has 0 spiro atoms. The molecule has 1 aromatic carbocycles. The van der Waals surface area contributed by atoms with Crippen LogP contribution in [-0.2, 0) is 17.9 Å². The van der Waals surface area contributed by atoms with E-state index >= 15 is 0 Å². The average Bonchev–Trinajstić information content (AvgIpc) is 2.93. The van der Waals surface area contributed by atoms with Crippen molar-refractivity contribution in [3.05, 3.63) is 58.6 Å². The van der Waals surface area contributed by atoms with E-state index in [0.717, 1.165) is 24.4 Å². The first-order valence-corrected chi connectivity index (χ1v) is 8.88. The zero-order valence-corrected chi connectivity index (χ0v) is 16.1. The molecule has 1 aromatic rings. The summed E-state index contributed by atoms with van der Waals surface area (Å²) in [5.41, 5.74) is 4.63. The monoisotopic (exact) mass is 346 g/mol. The van der Waals surface area contributed by atoms with Gasteiger partial charge in [0.2, 0.25) is 6.41 Å². The maximum Gasteiger partial charge on any atom is 0.211 e. The van der Waals surface area contributed by atoms with Gasteiger partial charge in [-0.3, -0.25) is 9.69 Å². The minimum atomic E-state index is -0.126. The number of fused-ring (bicyclic) bond motifs is 1. The number of hydrogen-bond acceptors (Lipinski definition) is 2. The fraction of sp³-hybridized carbons (Fsp3) is 0.476. The molecule has 1 aliphatic rings. The second kappa shape index (κ2) is 10.8. The topological polar surface area (TPSA) is 32.3 Å². The van der Waals surface area contributed by atoms with E-state index < -0.39 is 0 Å². The van der Waals surface area contributed by atoms with Crippen LogP contribution >= 0.6 is 0 Å². The highest BCUT2D eigenvalue weighted by Crippen LogP contribution is 2.21. The van der Waals surface area contributed by atoms with Crippen molar-refractivity contribution in [3.8, 4) is 0 Å². The molecule has 1 N–H and O–H groups in total. The summed E-state index contributed by atoms with van der Waals surface area (Å²) in [5.74, 6) is 0.499. The van der Waals surface area contributed by atoms with Crippen LogP contribution in [0, 0.1) is 11.7 Å². The van der Waals surface area contributed by atoms with Crippen LogP contribution in [0.1, 0.15) is 51.7 Å². The zero-order valence-electron chi connectivity index (χ0n) is 16.1. The number of nitrogens with zero attached hydrogens (tertiary/aromatic N) is 1. The van der Waals surface area contributed by atoms with Crippen LogP contribution in [0.2, 0.25) is 0 Å². The summed E-state index contributed by atoms with van der Waals surface area (Å²) in [7, 11) is 2.04. The van der Waals surface area contributed by atoms with Gasteiger partial charge < -0.3 is 5.32 Å². The first-order chi connectivity index (χ1) is 11.9. The normalized spacial score (nSPS) is 15.9. The molecule has 0 radical (unpaired) electrons. The molecule has 0 saturated heterocycles. The quantitative estimate of drug-likeness (QED) is 0.593. The summed E-state index contributed by atoms with van der Waals surface area (Å²) in [5, 5.41) is 2.61. The van der Waals surface area contributed by atoms with E-state index in [1.54, 1.807) is 6.07 Å². The smallest absolute Gasteiger partial charge is 0.211 e. The summed E-state index contributed by atoms with van der Waals surface area (Å²) in [6, 6.07) is 5.02. The molecule has 0 aliphatic carbocycles. The molecule has 0 saturated carbocycles. The number of carbonyl (C=O) groups excluding carboxylic acids is 1. The average molecular weight is 346 g/mol. The predicted molar refractivity (Wildman–Crippen MR) is 102 cm³/mol. The Kier molecular flexibility index (Phi) is 9.14. The van der Waals surface area contributed by atoms with Crippen LogP contribution in [0.15, 0.2) is 41.6 Å². The van der Waals surface area contributed by atoms with Gasteiger partial charge in [0.25, 0.3) is 0 Å². The lowest BCUT2D eigenvalue weighted by Crippen LogP contribution is -2.07. The molecule has 2 rings (SSSR count). The summed E-state index contributed by atoms with van der Waals surface area (Å²) < 4.78 is 12.7. The van der Waals surface area contributed by atoms with Gasteiger partial charge >= 0.3 is 0 Å². The molecule has 1 heterocycles. The number of amides is 1. The Morgan fingerprint density at radius 1 is 1.28 bits per heavy atom. The van der Waals surface area contributed by atoms with Crippen molar-refractivity contribution in [1.82, 2.24) is 10.2 Å². The molecule has 1 unspecified atom stereocenters. The number of nitrogens with one attached hydrogen (secondary N) is 1. The van der Waals surface area contributed by atoms with E-state index in [0.29, 0.717) is 12.3 Å². The van der Waals surface area contributed by atoms with Gasteiger partial charge in [-0.15, -0.1) is 0 Å². The Bertz CT molecular complexity index is 622. The lowest BCUT2D eigenvalue weighted by atomic mass is 9.97. The molecule has 138 valence electrons. The van der Waals surface area contributed by atoms with Crippen LogP contribution < -0.4 is 5.32 Å². The van der Waals surface area contributed by atoms with E-state index in [4.69, 9.17) is 0 Å². The van der Waals surface area contributed by atoms with Gasteiger partial charge in [-0.1, -0.05) is 38.0 Å². The van der Waals surface area contributed by atoms with Gasteiger partial charge in [-0.25, -0.2) is 4.39 Å². The van der Waals surface area contributed by atoms with Crippen molar-refractivity contribution in [2.75, 3.05) is 7.05 Å². The summed E-state index contributed by atoms with van der Waals surface area (Å²) in [4.78, 5) is 12.3. The fourth-order valence-corrected chi connectivity index (χ4v) is 2.76. The number of carbonyl (C=O) groups is 1. The van der Waals surface area contributed by atoms with Crippen molar-refractivity contribution in [3.63, 3.8) is 0 Å². The SMILES string of the molecule is CCCC(C)/C(C)=C/C=C(\C)NC=O.CN1Cc2ccc(F)cc2C1. The predicted octanol–water partition coefficient (Wildman–Crippen LogP) is 4.79. The summed E-state index contributed by atoms with van der Waals surface area (Å²) in [6.07, 6.45) is 7.14. The molecular formula is C21H31FN2O. The molecule has 1 atom stereocenters. The van der Waals surface area contributed by atoms with E-state index in [1.165, 1.54) is 30.0 Å². The molecule has 0 bridgehead atoms. The lowest BCUT2D eigenvalue weighted by molar-refractivity contribution is -0.108. The van der Waals surface area contributed by atoms with Crippen LogP contribution in [0.4, 0.5) is 4.39 Å². The standard InChI is InChI=1S/C12H21NO.C9H10FN/c1-5-6-10(2)11(3)7-8-12(4)13-9-14;1-11-5-7-2-3-9(10)4-8(7)6-11/h7-10H,5-6H2,1-4H3,(H,13,14);2-4H,5-6H2,1H3/b11-7+,12-8+;. The molecule has 0 aromatic heterocycles. The maximum absolute atomic E-state index is 12.7. The minimum Gasteiger partial charge on any atom is -0.333 e. The summed E-state index contributed by atoms with van der Waals surface area (Å²) in [6.45, 7) is 10.3. The highest BCUT2D eigenvalue weighted by atomic mass is 19.1. The molecular weight excluding hydrogens is 315 g/mol. The highest BCUT2D eigenvalue weighted by molar-refractivity contribution is 5.49. The Labute approximate surface area is 151 Å². The van der Waals surface area contributed by atoms with Gasteiger partial charge in [-0.2, -0.15) is 0 Å². The van der Waals surface area contributed by atoms with Crippen LogP contribution in [0.3, 0.4) is 0 Å². The largest absolute Gasteiger partial charge is 0.333 e. The van der Waals surface area contributed by atoms with Crippen molar-refractivity contribution in [2.45, 2.75) is 53.6 Å². The second-order valence-electron chi connectivity index (χ2n) is 6.80. The fourth-order valence-electron chi connectivity index (χ4n) is 2.76. The third kappa shape index (κ3) is 7.65. The van der Waals surface area contributed by atoms with Gasteiger partial charge in [0.05, 0.1) is 0 Å². The van der Waals surface area contributed by atoms with E-state index in [2.05, 4.69) is 37.1 Å². The third-order valence-corrected chi connectivity index (χ3v) is 4.43. The molecule has 3 nitrogen and oxygen atoms in total. The van der Waals surface area contributed by atoms with Gasteiger partial charge in [0.1, 0.15) is 5.82 Å². The van der Waals surface area contributed by atoms with Crippen molar-refractivity contribution >= 4 is 6.41 Å². The Morgan fingerprint density at radius 3 is 2.60 bits per heavy atom. The Hall–Kier alpha value is -1.94. The number of hydrogen-bond donors (Lipinski definition) is 1. The van der Waals surface area contributed by atoms with Gasteiger partial charge in [-0.05, 0) is 62.6 Å². The first kappa shape index (κ1) is 21.1. The van der Waals surface area contributed by atoms with Crippen molar-refractivity contribution < 1.29 is 9.18 Å². The molecule has 0 fully saturated rings. The van der Waals surface area contributed by atoms with E-state index in [9.17, 15) is 9.18 Å². The summed E-state index contributed by atoms with van der Waals surface area (Å²) >= 11 is 0. The van der Waals surface area contributed by atoms with Crippen molar-refractivity contribution in [1.29, 1.82) is 0 Å².